The van der Waals surface area contributed by atoms with Gasteiger partial charge in [0, 0.05) is 28.6 Å². The Morgan fingerprint density at radius 2 is 0.850 bits per heavy atom. The van der Waals surface area contributed by atoms with E-state index in [-0.39, 0.29) is 21.7 Å². The summed E-state index contributed by atoms with van der Waals surface area (Å²) in [5.74, 6) is 0. The molecule has 0 aliphatic carbocycles. The minimum atomic E-state index is -4.48. The quantitative estimate of drug-likeness (QED) is 0.154. The van der Waals surface area contributed by atoms with Crippen molar-refractivity contribution in [1.29, 1.82) is 0 Å². The highest BCUT2D eigenvalue weighted by atomic mass is 19.2. The third-order valence-electron chi connectivity index (χ3n) is 12.4. The zero-order valence-electron chi connectivity index (χ0n) is 37.5. The van der Waals surface area contributed by atoms with Crippen molar-refractivity contribution >= 4 is 23.8 Å². The highest BCUT2D eigenvalue weighted by molar-refractivity contribution is 6.59. The molecule has 1 aromatic heterocycles. The average molecular weight is 797 g/mol. The molecule has 2 nitrogen and oxygen atoms in total. The molecule has 2 aliphatic rings. The molecule has 0 atom stereocenters. The van der Waals surface area contributed by atoms with Gasteiger partial charge in [-0.3, -0.25) is 0 Å². The van der Waals surface area contributed by atoms with Crippen LogP contribution in [0.5, 0.6) is 0 Å². The summed E-state index contributed by atoms with van der Waals surface area (Å²) in [6.07, 6.45) is 2.01. The lowest BCUT2D eigenvalue weighted by Gasteiger charge is -2.35. The van der Waals surface area contributed by atoms with E-state index in [1.807, 2.05) is 54.6 Å². The number of halogens is 2. The van der Waals surface area contributed by atoms with Crippen molar-refractivity contribution in [3.63, 3.8) is 0 Å². The molecule has 5 heteroatoms. The summed E-state index contributed by atoms with van der Waals surface area (Å²) in [6.45, 7) is 21.8. The van der Waals surface area contributed by atoms with Gasteiger partial charge in [-0.1, -0.05) is 198 Å². The molecule has 0 radical (unpaired) electrons. The van der Waals surface area contributed by atoms with Crippen LogP contribution in [0.25, 0.3) is 33.5 Å². The second kappa shape index (κ2) is 14.3. The van der Waals surface area contributed by atoms with E-state index in [1.54, 1.807) is 0 Å². The first-order chi connectivity index (χ1) is 28.0. The molecule has 0 bridgehead atoms. The Bertz CT molecular complexity index is 2680. The molecule has 0 saturated carbocycles. The Labute approximate surface area is 357 Å². The fraction of sp³-hybridized carbons (Fsp3) is 0.291. The van der Waals surface area contributed by atoms with Crippen molar-refractivity contribution in [2.75, 3.05) is 0 Å². The number of nitrogens with zero attached hydrogens (tertiary/aromatic N) is 2. The number of benzene rings is 5. The highest BCUT2D eigenvalue weighted by Crippen LogP contribution is 2.51. The maximum absolute atomic E-state index is 18.8. The van der Waals surface area contributed by atoms with Crippen molar-refractivity contribution in [1.82, 2.24) is 4.48 Å². The molecule has 0 fully saturated rings. The van der Waals surface area contributed by atoms with E-state index in [2.05, 4.69) is 168 Å². The first-order valence-corrected chi connectivity index (χ1v) is 21.4. The predicted octanol–water partition coefficient (Wildman–Crippen LogP) is 14.6. The minimum Gasteiger partial charge on any atom is -0.389 e. The SMILES string of the molecule is CC(C)(C)c1ccc(C2=CC(c3ccc(C(C)(C)C)cc3)=[N+]3C2=C(c2ccccc2)c2c(-c4ccc(C(C)(C)C)cc4)cc(-c4ccc(C(C)(C)C)cc4)n2[B-]3(F)F)cc1. The predicted molar refractivity (Wildman–Crippen MR) is 251 cm³/mol. The molecular weight excluding hydrogens is 737 g/mol. The topological polar surface area (TPSA) is 7.94 Å². The van der Waals surface area contributed by atoms with E-state index in [4.69, 9.17) is 0 Å². The van der Waals surface area contributed by atoms with E-state index >= 15 is 8.63 Å². The van der Waals surface area contributed by atoms with E-state index < -0.39 is 6.97 Å². The molecule has 0 saturated heterocycles. The van der Waals surface area contributed by atoms with Crippen LogP contribution in [-0.2, 0) is 21.7 Å². The Hall–Kier alpha value is -5.55. The smallest absolute Gasteiger partial charge is 0.389 e. The van der Waals surface area contributed by atoms with Gasteiger partial charge < -0.3 is 17.6 Å². The lowest BCUT2D eigenvalue weighted by atomic mass is 9.81. The van der Waals surface area contributed by atoms with Crippen molar-refractivity contribution < 1.29 is 13.1 Å². The van der Waals surface area contributed by atoms with E-state index in [1.165, 1.54) is 20.1 Å². The van der Waals surface area contributed by atoms with Crippen molar-refractivity contribution in [3.8, 4) is 22.4 Å². The molecule has 3 heterocycles. The van der Waals surface area contributed by atoms with E-state index in [0.717, 1.165) is 55.7 Å². The summed E-state index contributed by atoms with van der Waals surface area (Å²) in [5, 5.41) is 0. The molecule has 8 rings (SSSR count). The van der Waals surface area contributed by atoms with Gasteiger partial charge in [-0.05, 0) is 84.4 Å². The lowest BCUT2D eigenvalue weighted by Crippen LogP contribution is -2.51. The van der Waals surface area contributed by atoms with Crippen LogP contribution in [-0.4, -0.2) is 21.6 Å². The molecular formula is C55H59BF2N2. The summed E-state index contributed by atoms with van der Waals surface area (Å²) < 4.78 is 40.3. The number of hydrogen-bond acceptors (Lipinski definition) is 0. The van der Waals surface area contributed by atoms with Crippen LogP contribution in [0.1, 0.15) is 128 Å². The van der Waals surface area contributed by atoms with Crippen LogP contribution in [0.4, 0.5) is 8.63 Å². The molecule has 0 spiro atoms. The van der Waals surface area contributed by atoms with Gasteiger partial charge in [0.05, 0.1) is 11.1 Å². The fourth-order valence-corrected chi connectivity index (χ4v) is 8.78. The Morgan fingerprint density at radius 3 is 1.28 bits per heavy atom. The molecule has 0 amide bonds. The van der Waals surface area contributed by atoms with Gasteiger partial charge in [0.1, 0.15) is 0 Å². The molecule has 6 aromatic rings. The number of aromatic nitrogens is 1. The van der Waals surface area contributed by atoms with Gasteiger partial charge in [-0.15, -0.1) is 0 Å². The molecule has 60 heavy (non-hydrogen) atoms. The second-order valence-electron chi connectivity index (χ2n) is 21.0. The third kappa shape index (κ3) is 7.24. The summed E-state index contributed by atoms with van der Waals surface area (Å²) in [5.41, 5.74) is 13.0. The second-order valence-corrected chi connectivity index (χ2v) is 21.0. The normalized spacial score (nSPS) is 15.6. The summed E-state index contributed by atoms with van der Waals surface area (Å²) >= 11 is 0. The van der Waals surface area contributed by atoms with Crippen molar-refractivity contribution in [3.05, 3.63) is 190 Å². The van der Waals surface area contributed by atoms with E-state index in [0.29, 0.717) is 22.8 Å². The highest BCUT2D eigenvalue weighted by Gasteiger charge is 2.57. The molecule has 306 valence electrons. The van der Waals surface area contributed by atoms with Crippen molar-refractivity contribution in [2.24, 2.45) is 0 Å². The van der Waals surface area contributed by atoms with Crippen LogP contribution in [0.3, 0.4) is 0 Å². The summed E-state index contributed by atoms with van der Waals surface area (Å²) in [7, 11) is 0. The zero-order chi connectivity index (χ0) is 43.2. The van der Waals surface area contributed by atoms with Crippen LogP contribution in [0.15, 0.2) is 145 Å². The van der Waals surface area contributed by atoms with Crippen LogP contribution in [0, 0.1) is 0 Å². The van der Waals surface area contributed by atoms with Crippen molar-refractivity contribution in [2.45, 2.75) is 105 Å². The van der Waals surface area contributed by atoms with Gasteiger partial charge in [-0.25, -0.2) is 0 Å². The zero-order valence-corrected chi connectivity index (χ0v) is 37.5. The van der Waals surface area contributed by atoms with E-state index in [9.17, 15) is 0 Å². The lowest BCUT2D eigenvalue weighted by molar-refractivity contribution is -0.359. The molecule has 5 aromatic carbocycles. The summed E-state index contributed by atoms with van der Waals surface area (Å²) in [6, 6.07) is 45.6. The first kappa shape index (κ1) is 41.2. The monoisotopic (exact) mass is 796 g/mol. The van der Waals surface area contributed by atoms with Gasteiger partial charge >= 0.3 is 6.97 Å². The van der Waals surface area contributed by atoms with Gasteiger partial charge in [0.2, 0.25) is 0 Å². The number of hydrogen-bond donors (Lipinski definition) is 0. The Balaban J connectivity index is 1.51. The number of fused-ring (bicyclic) bond motifs is 2. The molecule has 0 unspecified atom stereocenters. The largest absolute Gasteiger partial charge is 0.737 e. The van der Waals surface area contributed by atoms with Crippen LogP contribution in [0.2, 0.25) is 0 Å². The summed E-state index contributed by atoms with van der Waals surface area (Å²) in [4.78, 5) is 0. The molecule has 0 N–H and O–H groups in total. The van der Waals surface area contributed by atoms with Crippen LogP contribution < -0.4 is 0 Å². The van der Waals surface area contributed by atoms with Crippen LogP contribution >= 0.6 is 0 Å². The fourth-order valence-electron chi connectivity index (χ4n) is 8.78. The number of allylic oxidation sites excluding steroid dienone is 2. The third-order valence-corrected chi connectivity index (χ3v) is 12.4. The minimum absolute atomic E-state index is 0.0596. The van der Waals surface area contributed by atoms with Gasteiger partial charge in [0.15, 0.2) is 11.4 Å². The Morgan fingerprint density at radius 1 is 0.450 bits per heavy atom. The first-order valence-electron chi connectivity index (χ1n) is 21.4. The maximum Gasteiger partial charge on any atom is 0.737 e. The van der Waals surface area contributed by atoms with Gasteiger partial charge in [-0.2, -0.15) is 0 Å². The number of rotatable bonds is 5. The maximum atomic E-state index is 18.8. The van der Waals surface area contributed by atoms with Gasteiger partial charge in [0.25, 0.3) is 0 Å². The average Bonchev–Trinajstić information content (AvgIpc) is 3.79. The molecule has 2 aliphatic heterocycles. The standard InChI is InChI=1S/C55H59BF2N2/c1-52(2,3)41-26-18-36(19-27-41)45-34-47(38-22-30-43(31-23-38)54(7,8)9)59-50(45)49(40-16-14-13-15-17-40)51-46(37-20-28-42(29-21-37)53(4,5)6)35-48(60(51)56(59,57)58)39-24-32-44(33-25-39)55(10,11)12/h13-35H,1-12H3. The Kier molecular flexibility index (Phi) is 9.81.